The number of rotatable bonds is 8. The first-order chi connectivity index (χ1) is 17.3. The molecule has 1 fully saturated rings. The van der Waals surface area contributed by atoms with Crippen molar-refractivity contribution in [3.8, 4) is 17.2 Å². The Labute approximate surface area is 209 Å². The van der Waals surface area contributed by atoms with Gasteiger partial charge in [-0.2, -0.15) is 0 Å². The molecule has 3 aromatic rings. The van der Waals surface area contributed by atoms with Gasteiger partial charge in [-0.05, 0) is 79.6 Å². The Morgan fingerprint density at radius 3 is 2.25 bits per heavy atom. The maximum absolute atomic E-state index is 12.6. The summed E-state index contributed by atoms with van der Waals surface area (Å²) in [4.78, 5) is 38.9. The van der Waals surface area contributed by atoms with Crippen molar-refractivity contribution in [2.45, 2.75) is 20.3 Å². The average Bonchev–Trinajstić information content (AvgIpc) is 3.28. The van der Waals surface area contributed by atoms with Crippen LogP contribution in [0.2, 0.25) is 0 Å². The molecule has 1 aliphatic rings. The SMILES string of the molecule is COc1ccc(Oc2ccc(N3C[C@H](C(=O)OCC(=O)Nc4cccc(C)c4C)CC3=O)cc2)cc1. The van der Waals surface area contributed by atoms with Crippen molar-refractivity contribution in [3.63, 3.8) is 0 Å². The number of benzene rings is 3. The molecular weight excluding hydrogens is 460 g/mol. The number of nitrogens with one attached hydrogen (secondary N) is 1. The van der Waals surface area contributed by atoms with Gasteiger partial charge in [-0.3, -0.25) is 14.4 Å². The van der Waals surface area contributed by atoms with E-state index >= 15 is 0 Å². The number of esters is 1. The molecule has 0 radical (unpaired) electrons. The number of methoxy groups -OCH3 is 1. The number of nitrogens with zero attached hydrogens (tertiary/aromatic N) is 1. The third kappa shape index (κ3) is 5.83. The number of anilines is 2. The van der Waals surface area contributed by atoms with E-state index in [2.05, 4.69) is 5.32 Å². The summed E-state index contributed by atoms with van der Waals surface area (Å²) in [5.74, 6) is 0.195. The molecule has 1 N–H and O–H groups in total. The van der Waals surface area contributed by atoms with Gasteiger partial charge in [0.05, 0.1) is 13.0 Å². The van der Waals surface area contributed by atoms with Crippen molar-refractivity contribution in [1.29, 1.82) is 0 Å². The van der Waals surface area contributed by atoms with Crippen LogP contribution in [0.1, 0.15) is 17.5 Å². The fourth-order valence-electron chi connectivity index (χ4n) is 3.92. The minimum Gasteiger partial charge on any atom is -0.497 e. The molecule has 2 amide bonds. The van der Waals surface area contributed by atoms with Crippen LogP contribution in [0, 0.1) is 19.8 Å². The van der Waals surface area contributed by atoms with Crippen LogP contribution in [0.4, 0.5) is 11.4 Å². The zero-order chi connectivity index (χ0) is 25.7. The molecule has 0 spiro atoms. The third-order valence-corrected chi connectivity index (χ3v) is 6.13. The van der Waals surface area contributed by atoms with E-state index in [1.54, 1.807) is 66.6 Å². The molecule has 186 valence electrons. The molecule has 8 heteroatoms. The van der Waals surface area contributed by atoms with Gasteiger partial charge < -0.3 is 24.4 Å². The molecular formula is C28H28N2O6. The molecule has 0 aliphatic carbocycles. The van der Waals surface area contributed by atoms with E-state index < -0.39 is 24.4 Å². The van der Waals surface area contributed by atoms with Crippen LogP contribution in [-0.4, -0.2) is 38.0 Å². The Morgan fingerprint density at radius 1 is 0.944 bits per heavy atom. The van der Waals surface area contributed by atoms with E-state index in [0.29, 0.717) is 22.9 Å². The van der Waals surface area contributed by atoms with E-state index in [1.807, 2.05) is 26.0 Å². The van der Waals surface area contributed by atoms with Crippen LogP contribution in [0.5, 0.6) is 17.2 Å². The van der Waals surface area contributed by atoms with Crippen LogP contribution in [0.25, 0.3) is 0 Å². The van der Waals surface area contributed by atoms with Gasteiger partial charge in [-0.1, -0.05) is 12.1 Å². The van der Waals surface area contributed by atoms with Gasteiger partial charge in [0.25, 0.3) is 5.91 Å². The van der Waals surface area contributed by atoms with Crippen LogP contribution in [-0.2, 0) is 19.1 Å². The first-order valence-corrected chi connectivity index (χ1v) is 11.6. The summed E-state index contributed by atoms with van der Waals surface area (Å²) in [6.07, 6.45) is 0.0293. The van der Waals surface area contributed by atoms with Crippen molar-refractivity contribution >= 4 is 29.2 Å². The Balaban J connectivity index is 1.29. The summed E-state index contributed by atoms with van der Waals surface area (Å²) in [6, 6.07) is 19.9. The van der Waals surface area contributed by atoms with E-state index in [9.17, 15) is 14.4 Å². The number of aryl methyl sites for hydroxylation is 1. The van der Waals surface area contributed by atoms with Crippen LogP contribution in [0.15, 0.2) is 66.7 Å². The lowest BCUT2D eigenvalue weighted by Gasteiger charge is -2.17. The van der Waals surface area contributed by atoms with Crippen molar-refractivity contribution in [2.24, 2.45) is 5.92 Å². The smallest absolute Gasteiger partial charge is 0.311 e. The second-order valence-electron chi connectivity index (χ2n) is 8.58. The monoisotopic (exact) mass is 488 g/mol. The zero-order valence-corrected chi connectivity index (χ0v) is 20.4. The van der Waals surface area contributed by atoms with Gasteiger partial charge in [-0.15, -0.1) is 0 Å². The lowest BCUT2D eigenvalue weighted by molar-refractivity contribution is -0.151. The second kappa shape index (κ2) is 10.9. The maximum atomic E-state index is 12.6. The Bertz CT molecular complexity index is 1250. The Kier molecular flexibility index (Phi) is 7.53. The van der Waals surface area contributed by atoms with Gasteiger partial charge in [0, 0.05) is 24.3 Å². The Hall–Kier alpha value is -4.33. The normalized spacial score (nSPS) is 14.9. The molecule has 0 aromatic heterocycles. The summed E-state index contributed by atoms with van der Waals surface area (Å²) < 4.78 is 16.2. The molecule has 1 saturated heterocycles. The van der Waals surface area contributed by atoms with Crippen LogP contribution in [0.3, 0.4) is 0 Å². The second-order valence-corrected chi connectivity index (χ2v) is 8.58. The van der Waals surface area contributed by atoms with Crippen molar-refractivity contribution < 1.29 is 28.6 Å². The number of carbonyl (C=O) groups is 3. The van der Waals surface area contributed by atoms with Gasteiger partial charge in [0.1, 0.15) is 17.2 Å². The van der Waals surface area contributed by atoms with E-state index in [0.717, 1.165) is 16.9 Å². The van der Waals surface area contributed by atoms with Gasteiger partial charge >= 0.3 is 5.97 Å². The fourth-order valence-corrected chi connectivity index (χ4v) is 3.92. The lowest BCUT2D eigenvalue weighted by Crippen LogP contribution is -2.28. The lowest BCUT2D eigenvalue weighted by atomic mass is 10.1. The van der Waals surface area contributed by atoms with E-state index in [4.69, 9.17) is 14.2 Å². The molecule has 1 atom stereocenters. The number of carbonyl (C=O) groups excluding carboxylic acids is 3. The number of amides is 2. The highest BCUT2D eigenvalue weighted by molar-refractivity contribution is 6.00. The molecule has 3 aromatic carbocycles. The van der Waals surface area contributed by atoms with Gasteiger partial charge in [0.2, 0.25) is 5.91 Å². The standard InChI is InChI=1S/C28H28N2O6/c1-18-5-4-6-25(19(18)2)29-26(31)17-35-28(33)20-15-27(32)30(16-20)21-7-9-23(10-8-21)36-24-13-11-22(34-3)12-14-24/h4-14,20H,15-17H2,1-3H3,(H,29,31)/t20-/m1/s1. The molecule has 4 rings (SSSR count). The first-order valence-electron chi connectivity index (χ1n) is 11.6. The molecule has 0 unspecified atom stereocenters. The van der Waals surface area contributed by atoms with E-state index in [-0.39, 0.29) is 18.9 Å². The zero-order valence-electron chi connectivity index (χ0n) is 20.4. The summed E-state index contributed by atoms with van der Waals surface area (Å²) >= 11 is 0. The summed E-state index contributed by atoms with van der Waals surface area (Å²) in [5.41, 5.74) is 3.34. The number of ether oxygens (including phenoxy) is 3. The Morgan fingerprint density at radius 2 is 1.58 bits per heavy atom. The van der Waals surface area contributed by atoms with E-state index in [1.165, 1.54) is 0 Å². The van der Waals surface area contributed by atoms with Gasteiger partial charge in [-0.25, -0.2) is 0 Å². The molecule has 8 nitrogen and oxygen atoms in total. The minimum atomic E-state index is -0.638. The number of hydrogen-bond donors (Lipinski definition) is 1. The van der Waals surface area contributed by atoms with Crippen LogP contribution >= 0.6 is 0 Å². The number of hydrogen-bond acceptors (Lipinski definition) is 6. The minimum absolute atomic E-state index is 0.0293. The maximum Gasteiger partial charge on any atom is 0.311 e. The third-order valence-electron chi connectivity index (χ3n) is 6.13. The first kappa shape index (κ1) is 24.8. The van der Waals surface area contributed by atoms with Crippen molar-refractivity contribution in [3.05, 3.63) is 77.9 Å². The largest absolute Gasteiger partial charge is 0.497 e. The average molecular weight is 489 g/mol. The molecule has 36 heavy (non-hydrogen) atoms. The molecule has 1 heterocycles. The topological polar surface area (TPSA) is 94.2 Å². The molecule has 1 aliphatic heterocycles. The predicted molar refractivity (Wildman–Crippen MR) is 135 cm³/mol. The van der Waals surface area contributed by atoms with Crippen LogP contribution < -0.4 is 19.7 Å². The summed E-state index contributed by atoms with van der Waals surface area (Å²) in [7, 11) is 1.60. The van der Waals surface area contributed by atoms with Gasteiger partial charge in [0.15, 0.2) is 6.61 Å². The highest BCUT2D eigenvalue weighted by atomic mass is 16.5. The summed E-state index contributed by atoms with van der Waals surface area (Å²) in [5, 5.41) is 2.76. The van der Waals surface area contributed by atoms with Crippen molar-refractivity contribution in [1.82, 2.24) is 0 Å². The molecule has 0 bridgehead atoms. The summed E-state index contributed by atoms with van der Waals surface area (Å²) in [6.45, 7) is 3.64. The highest BCUT2D eigenvalue weighted by Crippen LogP contribution is 2.30. The fraction of sp³-hybridized carbons (Fsp3) is 0.250. The van der Waals surface area contributed by atoms with Crippen molar-refractivity contribution in [2.75, 3.05) is 30.5 Å². The highest BCUT2D eigenvalue weighted by Gasteiger charge is 2.36. The molecule has 0 saturated carbocycles. The quantitative estimate of drug-likeness (QED) is 0.465. The predicted octanol–water partition coefficient (Wildman–Crippen LogP) is 4.64.